The van der Waals surface area contributed by atoms with E-state index in [0.29, 0.717) is 5.56 Å². The van der Waals surface area contributed by atoms with Gasteiger partial charge in [0.25, 0.3) is 5.91 Å². The van der Waals surface area contributed by atoms with Crippen LogP contribution in [0.4, 0.5) is 4.39 Å². The van der Waals surface area contributed by atoms with Crippen LogP contribution in [0.25, 0.3) is 0 Å². The van der Waals surface area contributed by atoms with Crippen molar-refractivity contribution in [3.05, 3.63) is 35.1 Å². The fourth-order valence-corrected chi connectivity index (χ4v) is 2.17. The molecule has 0 radical (unpaired) electrons. The molecule has 1 aliphatic rings. The molecule has 17 heavy (non-hydrogen) atoms. The summed E-state index contributed by atoms with van der Waals surface area (Å²) in [5.41, 5.74) is 1.36. The largest absolute Gasteiger partial charge is 0.339 e. The zero-order valence-corrected chi connectivity index (χ0v) is 10.4. The Bertz CT molecular complexity index is 422. The van der Waals surface area contributed by atoms with Crippen molar-refractivity contribution in [2.24, 2.45) is 0 Å². The SMILES string of the molecule is CC(C)c1cc(F)cc(C(=O)N2CCCC2)c1. The van der Waals surface area contributed by atoms with Crippen LogP contribution in [0.1, 0.15) is 48.5 Å². The number of amides is 1. The molecule has 0 aliphatic carbocycles. The van der Waals surface area contributed by atoms with E-state index in [2.05, 4.69) is 0 Å². The maximum atomic E-state index is 13.5. The van der Waals surface area contributed by atoms with E-state index in [1.807, 2.05) is 19.9 Å². The monoisotopic (exact) mass is 235 g/mol. The van der Waals surface area contributed by atoms with Crippen molar-refractivity contribution in [3.8, 4) is 0 Å². The number of benzene rings is 1. The van der Waals surface area contributed by atoms with Gasteiger partial charge in [-0.3, -0.25) is 4.79 Å². The lowest BCUT2D eigenvalue weighted by Crippen LogP contribution is -2.27. The minimum Gasteiger partial charge on any atom is -0.339 e. The number of rotatable bonds is 2. The number of nitrogens with zero attached hydrogens (tertiary/aromatic N) is 1. The molecule has 0 aromatic heterocycles. The second kappa shape index (κ2) is 4.86. The molecule has 0 unspecified atom stereocenters. The minimum absolute atomic E-state index is 0.0381. The highest BCUT2D eigenvalue weighted by atomic mass is 19.1. The average Bonchev–Trinajstić information content (AvgIpc) is 2.80. The summed E-state index contributed by atoms with van der Waals surface area (Å²) < 4.78 is 13.5. The second-order valence-electron chi connectivity index (χ2n) is 4.93. The van der Waals surface area contributed by atoms with Crippen LogP contribution in [0.2, 0.25) is 0 Å². The number of carbonyl (C=O) groups is 1. The lowest BCUT2D eigenvalue weighted by molar-refractivity contribution is 0.0792. The summed E-state index contributed by atoms with van der Waals surface area (Å²) >= 11 is 0. The van der Waals surface area contributed by atoms with Crippen molar-refractivity contribution in [1.29, 1.82) is 0 Å². The Hall–Kier alpha value is -1.38. The Labute approximate surface area is 101 Å². The molecule has 1 amide bonds. The van der Waals surface area contributed by atoms with E-state index in [1.165, 1.54) is 12.1 Å². The molecule has 0 saturated carbocycles. The van der Waals surface area contributed by atoms with Gasteiger partial charge in [-0.05, 0) is 42.5 Å². The molecule has 1 saturated heterocycles. The third-order valence-corrected chi connectivity index (χ3v) is 3.23. The van der Waals surface area contributed by atoms with Crippen LogP contribution in [0.15, 0.2) is 18.2 Å². The van der Waals surface area contributed by atoms with Gasteiger partial charge in [0.15, 0.2) is 0 Å². The number of likely N-dealkylation sites (tertiary alicyclic amines) is 1. The maximum Gasteiger partial charge on any atom is 0.253 e. The van der Waals surface area contributed by atoms with Gasteiger partial charge in [-0.1, -0.05) is 13.8 Å². The van der Waals surface area contributed by atoms with Gasteiger partial charge in [0.1, 0.15) is 5.82 Å². The Morgan fingerprint density at radius 1 is 1.24 bits per heavy atom. The summed E-state index contributed by atoms with van der Waals surface area (Å²) in [5.74, 6) is -0.126. The molecule has 1 aromatic rings. The topological polar surface area (TPSA) is 20.3 Å². The molecular formula is C14H18FNO. The van der Waals surface area contributed by atoms with E-state index in [9.17, 15) is 9.18 Å². The number of hydrogen-bond donors (Lipinski definition) is 0. The van der Waals surface area contributed by atoms with Crippen molar-refractivity contribution in [2.75, 3.05) is 13.1 Å². The lowest BCUT2D eigenvalue weighted by Gasteiger charge is -2.16. The van der Waals surface area contributed by atoms with Gasteiger partial charge < -0.3 is 4.90 Å². The highest BCUT2D eigenvalue weighted by Gasteiger charge is 2.20. The molecule has 2 nitrogen and oxygen atoms in total. The highest BCUT2D eigenvalue weighted by molar-refractivity contribution is 5.94. The first-order valence-corrected chi connectivity index (χ1v) is 6.17. The molecule has 0 atom stereocenters. The molecule has 1 aliphatic heterocycles. The van der Waals surface area contributed by atoms with Crippen molar-refractivity contribution >= 4 is 5.91 Å². The van der Waals surface area contributed by atoms with Gasteiger partial charge in [0.2, 0.25) is 0 Å². The van der Waals surface area contributed by atoms with E-state index in [4.69, 9.17) is 0 Å². The van der Waals surface area contributed by atoms with Crippen LogP contribution < -0.4 is 0 Å². The molecular weight excluding hydrogens is 217 g/mol. The molecule has 1 fully saturated rings. The number of halogens is 1. The van der Waals surface area contributed by atoms with E-state index in [0.717, 1.165) is 31.5 Å². The molecule has 0 bridgehead atoms. The molecule has 2 rings (SSSR count). The minimum atomic E-state index is -0.321. The van der Waals surface area contributed by atoms with E-state index in [1.54, 1.807) is 4.90 Å². The summed E-state index contributed by atoms with van der Waals surface area (Å²) in [7, 11) is 0. The summed E-state index contributed by atoms with van der Waals surface area (Å²) in [6.45, 7) is 5.59. The molecule has 1 heterocycles. The zero-order chi connectivity index (χ0) is 12.4. The van der Waals surface area contributed by atoms with E-state index >= 15 is 0 Å². The van der Waals surface area contributed by atoms with E-state index < -0.39 is 0 Å². The first kappa shape index (κ1) is 12.1. The standard InChI is InChI=1S/C14H18FNO/c1-10(2)11-7-12(9-13(15)8-11)14(17)16-5-3-4-6-16/h7-10H,3-6H2,1-2H3. The van der Waals surface area contributed by atoms with Crippen molar-refractivity contribution in [2.45, 2.75) is 32.6 Å². The van der Waals surface area contributed by atoms with Gasteiger partial charge in [-0.2, -0.15) is 0 Å². The number of hydrogen-bond acceptors (Lipinski definition) is 1. The van der Waals surface area contributed by atoms with Gasteiger partial charge in [0, 0.05) is 18.7 Å². The summed E-state index contributed by atoms with van der Waals surface area (Å²) in [4.78, 5) is 13.9. The van der Waals surface area contributed by atoms with Crippen LogP contribution in [0.3, 0.4) is 0 Å². The van der Waals surface area contributed by atoms with Gasteiger partial charge >= 0.3 is 0 Å². The third-order valence-electron chi connectivity index (χ3n) is 3.23. The number of carbonyl (C=O) groups excluding carboxylic acids is 1. The molecule has 0 N–H and O–H groups in total. The maximum absolute atomic E-state index is 13.5. The summed E-state index contributed by atoms with van der Waals surface area (Å²) in [6.07, 6.45) is 2.11. The van der Waals surface area contributed by atoms with Crippen molar-refractivity contribution in [1.82, 2.24) is 4.90 Å². The average molecular weight is 235 g/mol. The zero-order valence-electron chi connectivity index (χ0n) is 10.4. The van der Waals surface area contributed by atoms with Crippen molar-refractivity contribution in [3.63, 3.8) is 0 Å². The smallest absolute Gasteiger partial charge is 0.253 e. The van der Waals surface area contributed by atoms with Gasteiger partial charge in [-0.25, -0.2) is 4.39 Å². The normalized spacial score (nSPS) is 15.6. The quantitative estimate of drug-likeness (QED) is 0.771. The van der Waals surface area contributed by atoms with Crippen LogP contribution in [-0.4, -0.2) is 23.9 Å². The van der Waals surface area contributed by atoms with Gasteiger partial charge in [-0.15, -0.1) is 0 Å². The van der Waals surface area contributed by atoms with E-state index in [-0.39, 0.29) is 17.6 Å². The summed E-state index contributed by atoms with van der Waals surface area (Å²) in [5, 5.41) is 0. The van der Waals surface area contributed by atoms with Crippen molar-refractivity contribution < 1.29 is 9.18 Å². The van der Waals surface area contributed by atoms with Crippen LogP contribution in [-0.2, 0) is 0 Å². The molecule has 1 aromatic carbocycles. The fraction of sp³-hybridized carbons (Fsp3) is 0.500. The first-order valence-electron chi connectivity index (χ1n) is 6.17. The molecule has 0 spiro atoms. The fourth-order valence-electron chi connectivity index (χ4n) is 2.17. The summed E-state index contributed by atoms with van der Waals surface area (Å²) in [6, 6.07) is 4.66. The predicted octanol–water partition coefficient (Wildman–Crippen LogP) is 3.19. The van der Waals surface area contributed by atoms with Crippen LogP contribution in [0.5, 0.6) is 0 Å². The molecule has 3 heteroatoms. The Balaban J connectivity index is 2.28. The van der Waals surface area contributed by atoms with Gasteiger partial charge in [0.05, 0.1) is 0 Å². The Kier molecular flexibility index (Phi) is 3.46. The van der Waals surface area contributed by atoms with Crippen LogP contribution in [0, 0.1) is 5.82 Å². The Morgan fingerprint density at radius 3 is 2.47 bits per heavy atom. The first-order chi connectivity index (χ1) is 8.08. The lowest BCUT2D eigenvalue weighted by atomic mass is 10.00. The van der Waals surface area contributed by atoms with Crippen LogP contribution >= 0.6 is 0 Å². The Morgan fingerprint density at radius 2 is 1.88 bits per heavy atom. The third kappa shape index (κ3) is 2.65. The second-order valence-corrected chi connectivity index (χ2v) is 4.93. The molecule has 92 valence electrons. The highest BCUT2D eigenvalue weighted by Crippen LogP contribution is 2.20. The predicted molar refractivity (Wildman–Crippen MR) is 65.6 cm³/mol.